The molecule has 0 amide bonds. The van der Waals surface area contributed by atoms with Crippen LogP contribution in [0.15, 0.2) is 6.07 Å². The van der Waals surface area contributed by atoms with Crippen LogP contribution < -0.4 is 5.73 Å². The molecule has 1 aromatic rings. The normalized spacial score (nSPS) is 10.8. The monoisotopic (exact) mass is 213 g/mol. The molecular formula is C11H19NOS. The molecule has 0 unspecified atom stereocenters. The Labute approximate surface area is 90.1 Å². The fourth-order valence-corrected chi connectivity index (χ4v) is 2.70. The molecular weight excluding hydrogens is 194 g/mol. The van der Waals surface area contributed by atoms with Gasteiger partial charge in [-0.1, -0.05) is 6.92 Å². The van der Waals surface area contributed by atoms with Gasteiger partial charge in [-0.05, 0) is 30.9 Å². The SMILES string of the molecule is CCc1sc(CCCOC)cc1CN. The molecule has 0 saturated carbocycles. The standard InChI is InChI=1S/C11H19NOS/c1-3-11-9(8-12)7-10(14-11)5-4-6-13-2/h7H,3-6,8,12H2,1-2H3. The molecule has 1 rings (SSSR count). The van der Waals surface area contributed by atoms with Crippen LogP contribution in [0.2, 0.25) is 0 Å². The Morgan fingerprint density at radius 1 is 1.50 bits per heavy atom. The molecule has 1 aromatic heterocycles. The predicted octanol–water partition coefficient (Wildman–Crippen LogP) is 2.35. The number of hydrogen-bond acceptors (Lipinski definition) is 3. The van der Waals surface area contributed by atoms with E-state index in [1.165, 1.54) is 15.3 Å². The van der Waals surface area contributed by atoms with Crippen LogP contribution in [0.4, 0.5) is 0 Å². The van der Waals surface area contributed by atoms with Crippen LogP contribution in [0.25, 0.3) is 0 Å². The molecule has 80 valence electrons. The van der Waals surface area contributed by atoms with E-state index in [1.54, 1.807) is 7.11 Å². The smallest absolute Gasteiger partial charge is 0.0465 e. The Kier molecular flexibility index (Phi) is 5.15. The van der Waals surface area contributed by atoms with Crippen molar-refractivity contribution in [2.24, 2.45) is 5.73 Å². The summed E-state index contributed by atoms with van der Waals surface area (Å²) in [5, 5.41) is 0. The first kappa shape index (κ1) is 11.7. The Bertz CT molecular complexity index is 249. The van der Waals surface area contributed by atoms with E-state index in [2.05, 4.69) is 13.0 Å². The number of hydrogen-bond donors (Lipinski definition) is 1. The Morgan fingerprint density at radius 2 is 2.29 bits per heavy atom. The molecule has 3 heteroatoms. The van der Waals surface area contributed by atoms with Gasteiger partial charge in [0.2, 0.25) is 0 Å². The number of ether oxygens (including phenoxy) is 1. The molecule has 0 bridgehead atoms. The third-order valence-electron chi connectivity index (χ3n) is 2.26. The van der Waals surface area contributed by atoms with Gasteiger partial charge in [0.05, 0.1) is 0 Å². The molecule has 0 radical (unpaired) electrons. The van der Waals surface area contributed by atoms with Crippen LogP contribution in [-0.2, 0) is 24.1 Å². The van der Waals surface area contributed by atoms with Crippen molar-refractivity contribution >= 4 is 11.3 Å². The van der Waals surface area contributed by atoms with Crippen molar-refractivity contribution in [3.63, 3.8) is 0 Å². The minimum absolute atomic E-state index is 0.671. The molecule has 0 aliphatic rings. The number of thiophene rings is 1. The van der Waals surface area contributed by atoms with Crippen molar-refractivity contribution in [3.05, 3.63) is 21.4 Å². The van der Waals surface area contributed by atoms with Crippen LogP contribution in [0.5, 0.6) is 0 Å². The first-order valence-electron chi connectivity index (χ1n) is 5.11. The Morgan fingerprint density at radius 3 is 2.79 bits per heavy atom. The minimum Gasteiger partial charge on any atom is -0.385 e. The first-order chi connectivity index (χ1) is 6.81. The molecule has 1 heterocycles. The molecule has 0 aliphatic carbocycles. The van der Waals surface area contributed by atoms with Crippen molar-refractivity contribution < 1.29 is 4.74 Å². The van der Waals surface area contributed by atoms with Crippen molar-refractivity contribution in [3.8, 4) is 0 Å². The van der Waals surface area contributed by atoms with Crippen molar-refractivity contribution in [1.82, 2.24) is 0 Å². The highest BCUT2D eigenvalue weighted by Crippen LogP contribution is 2.23. The van der Waals surface area contributed by atoms with Crippen molar-refractivity contribution in [1.29, 1.82) is 0 Å². The number of rotatable bonds is 6. The average molecular weight is 213 g/mol. The Hall–Kier alpha value is -0.380. The first-order valence-corrected chi connectivity index (χ1v) is 5.93. The fourth-order valence-electron chi connectivity index (χ4n) is 1.51. The van der Waals surface area contributed by atoms with Gasteiger partial charge in [-0.3, -0.25) is 0 Å². The largest absolute Gasteiger partial charge is 0.385 e. The highest BCUT2D eigenvalue weighted by Gasteiger charge is 2.05. The number of aryl methyl sites for hydroxylation is 2. The lowest BCUT2D eigenvalue weighted by Gasteiger charge is -1.95. The van der Waals surface area contributed by atoms with Crippen LogP contribution in [0, 0.1) is 0 Å². The molecule has 2 N–H and O–H groups in total. The van der Waals surface area contributed by atoms with Gasteiger partial charge in [0.1, 0.15) is 0 Å². The summed E-state index contributed by atoms with van der Waals surface area (Å²) < 4.78 is 5.03. The van der Waals surface area contributed by atoms with Gasteiger partial charge < -0.3 is 10.5 Å². The second kappa shape index (κ2) is 6.17. The lowest BCUT2D eigenvalue weighted by Crippen LogP contribution is -1.96. The van der Waals surface area contributed by atoms with E-state index >= 15 is 0 Å². The molecule has 14 heavy (non-hydrogen) atoms. The summed E-state index contributed by atoms with van der Waals surface area (Å²) in [7, 11) is 1.75. The number of nitrogens with two attached hydrogens (primary N) is 1. The molecule has 0 atom stereocenters. The molecule has 0 fully saturated rings. The summed E-state index contributed by atoms with van der Waals surface area (Å²) in [6.45, 7) is 3.70. The molecule has 0 saturated heterocycles. The van der Waals surface area contributed by atoms with E-state index < -0.39 is 0 Å². The van der Waals surface area contributed by atoms with E-state index in [1.807, 2.05) is 11.3 Å². The van der Waals surface area contributed by atoms with Gasteiger partial charge in [-0.2, -0.15) is 0 Å². The summed E-state index contributed by atoms with van der Waals surface area (Å²) in [6, 6.07) is 2.25. The zero-order chi connectivity index (χ0) is 10.4. The van der Waals surface area contributed by atoms with Crippen molar-refractivity contribution in [2.75, 3.05) is 13.7 Å². The van der Waals surface area contributed by atoms with Gasteiger partial charge >= 0.3 is 0 Å². The highest BCUT2D eigenvalue weighted by atomic mass is 32.1. The van der Waals surface area contributed by atoms with E-state index in [4.69, 9.17) is 10.5 Å². The van der Waals surface area contributed by atoms with Crippen LogP contribution in [-0.4, -0.2) is 13.7 Å². The quantitative estimate of drug-likeness (QED) is 0.736. The summed E-state index contributed by atoms with van der Waals surface area (Å²) >= 11 is 1.90. The van der Waals surface area contributed by atoms with E-state index in [-0.39, 0.29) is 0 Å². The molecule has 0 aromatic carbocycles. The van der Waals surface area contributed by atoms with Gasteiger partial charge in [0, 0.05) is 30.0 Å². The van der Waals surface area contributed by atoms with Gasteiger partial charge in [-0.25, -0.2) is 0 Å². The second-order valence-corrected chi connectivity index (χ2v) is 4.54. The van der Waals surface area contributed by atoms with E-state index in [0.29, 0.717) is 6.54 Å². The maximum absolute atomic E-state index is 5.68. The van der Waals surface area contributed by atoms with E-state index in [0.717, 1.165) is 25.9 Å². The Balaban J connectivity index is 2.55. The van der Waals surface area contributed by atoms with Crippen LogP contribution >= 0.6 is 11.3 Å². The van der Waals surface area contributed by atoms with Gasteiger partial charge in [-0.15, -0.1) is 11.3 Å². The van der Waals surface area contributed by atoms with Crippen LogP contribution in [0.3, 0.4) is 0 Å². The fraction of sp³-hybridized carbons (Fsp3) is 0.636. The van der Waals surface area contributed by atoms with Gasteiger partial charge in [0.15, 0.2) is 0 Å². The zero-order valence-electron chi connectivity index (χ0n) is 9.01. The summed E-state index contributed by atoms with van der Waals surface area (Å²) in [6.07, 6.45) is 3.32. The van der Waals surface area contributed by atoms with E-state index in [9.17, 15) is 0 Å². The third-order valence-corrected chi connectivity index (χ3v) is 3.64. The second-order valence-electron chi connectivity index (χ2n) is 3.32. The predicted molar refractivity (Wildman–Crippen MR) is 61.8 cm³/mol. The zero-order valence-corrected chi connectivity index (χ0v) is 9.82. The van der Waals surface area contributed by atoms with Gasteiger partial charge in [0.25, 0.3) is 0 Å². The highest BCUT2D eigenvalue weighted by molar-refractivity contribution is 7.12. The number of methoxy groups -OCH3 is 1. The van der Waals surface area contributed by atoms with Crippen molar-refractivity contribution in [2.45, 2.75) is 32.7 Å². The maximum atomic E-state index is 5.68. The lowest BCUT2D eigenvalue weighted by atomic mass is 10.2. The average Bonchev–Trinajstić information content (AvgIpc) is 2.61. The summed E-state index contributed by atoms with van der Waals surface area (Å²) in [5.41, 5.74) is 7.00. The molecule has 0 aliphatic heterocycles. The molecule has 0 spiro atoms. The third kappa shape index (κ3) is 3.08. The molecule has 2 nitrogen and oxygen atoms in total. The van der Waals surface area contributed by atoms with Crippen LogP contribution in [0.1, 0.15) is 28.7 Å². The lowest BCUT2D eigenvalue weighted by molar-refractivity contribution is 0.195. The topological polar surface area (TPSA) is 35.2 Å². The summed E-state index contributed by atoms with van der Waals surface area (Å²) in [5.74, 6) is 0. The minimum atomic E-state index is 0.671. The summed E-state index contributed by atoms with van der Waals surface area (Å²) in [4.78, 5) is 2.89. The maximum Gasteiger partial charge on any atom is 0.0465 e.